The van der Waals surface area contributed by atoms with E-state index in [9.17, 15) is 9.18 Å². The molecule has 0 saturated carbocycles. The van der Waals surface area contributed by atoms with Crippen molar-refractivity contribution in [2.75, 3.05) is 12.4 Å². The van der Waals surface area contributed by atoms with E-state index >= 15 is 0 Å². The van der Waals surface area contributed by atoms with Crippen molar-refractivity contribution in [3.8, 4) is 5.88 Å². The molecule has 106 valence electrons. The summed E-state index contributed by atoms with van der Waals surface area (Å²) in [6.07, 6.45) is 0. The monoisotopic (exact) mass is 303 g/mol. The molecule has 0 aliphatic heterocycles. The van der Waals surface area contributed by atoms with Crippen LogP contribution >= 0.6 is 11.3 Å². The fourth-order valence-corrected chi connectivity index (χ4v) is 2.59. The minimum absolute atomic E-state index is 0.236. The smallest absolute Gasteiger partial charge is 0.257 e. The van der Waals surface area contributed by atoms with Crippen LogP contribution in [0.5, 0.6) is 5.88 Å². The molecule has 21 heavy (non-hydrogen) atoms. The number of amides is 1. The molecular weight excluding hydrogens is 293 g/mol. The number of fused-ring (bicyclic) bond motifs is 1. The fraction of sp³-hybridized carbons (Fsp3) is 0.0714. The van der Waals surface area contributed by atoms with Gasteiger partial charge in [0.1, 0.15) is 16.2 Å². The first kappa shape index (κ1) is 13.4. The summed E-state index contributed by atoms with van der Waals surface area (Å²) < 4.78 is 18.1. The highest BCUT2D eigenvalue weighted by Crippen LogP contribution is 2.26. The van der Waals surface area contributed by atoms with Crippen molar-refractivity contribution in [3.05, 3.63) is 47.8 Å². The zero-order valence-corrected chi connectivity index (χ0v) is 11.8. The molecule has 0 radical (unpaired) electrons. The summed E-state index contributed by atoms with van der Waals surface area (Å²) in [6, 6.07) is 8.92. The average molecular weight is 303 g/mol. The van der Waals surface area contributed by atoms with E-state index in [1.54, 1.807) is 12.1 Å². The lowest BCUT2D eigenvalue weighted by molar-refractivity contribution is 0.102. The highest BCUT2D eigenvalue weighted by Gasteiger charge is 2.11. The zero-order valence-electron chi connectivity index (χ0n) is 11.0. The third kappa shape index (κ3) is 2.82. The Hall–Kier alpha value is -2.54. The Morgan fingerprint density at radius 1 is 1.29 bits per heavy atom. The Morgan fingerprint density at radius 3 is 2.90 bits per heavy atom. The standard InChI is InChI=1S/C14H10FN3O2S/c1-20-11-6-5-10-13(17-11)21-14(16-10)18-12(19)8-3-2-4-9(15)7-8/h2-7H,1H3,(H,16,18,19). The summed E-state index contributed by atoms with van der Waals surface area (Å²) >= 11 is 1.23. The van der Waals surface area contributed by atoms with E-state index in [2.05, 4.69) is 15.3 Å². The number of anilines is 1. The molecule has 3 rings (SSSR count). The molecule has 1 amide bonds. The number of aromatic nitrogens is 2. The van der Waals surface area contributed by atoms with Crippen LogP contribution in [0.2, 0.25) is 0 Å². The van der Waals surface area contributed by atoms with Crippen molar-refractivity contribution in [2.24, 2.45) is 0 Å². The second kappa shape index (κ2) is 5.45. The van der Waals surface area contributed by atoms with Gasteiger partial charge in [0.25, 0.3) is 5.91 Å². The van der Waals surface area contributed by atoms with E-state index in [0.29, 0.717) is 21.4 Å². The molecule has 5 nitrogen and oxygen atoms in total. The molecule has 0 aliphatic rings. The molecule has 2 aromatic heterocycles. The van der Waals surface area contributed by atoms with Crippen LogP contribution in [-0.4, -0.2) is 23.0 Å². The first-order chi connectivity index (χ1) is 10.2. The van der Waals surface area contributed by atoms with Crippen LogP contribution in [0.4, 0.5) is 9.52 Å². The lowest BCUT2D eigenvalue weighted by Gasteiger charge is -2.00. The van der Waals surface area contributed by atoms with Crippen molar-refractivity contribution < 1.29 is 13.9 Å². The first-order valence-electron chi connectivity index (χ1n) is 6.04. The van der Waals surface area contributed by atoms with Crippen LogP contribution in [-0.2, 0) is 0 Å². The average Bonchev–Trinajstić information content (AvgIpc) is 2.88. The van der Waals surface area contributed by atoms with Crippen LogP contribution < -0.4 is 10.1 Å². The number of nitrogens with one attached hydrogen (secondary N) is 1. The second-order valence-electron chi connectivity index (χ2n) is 4.16. The number of hydrogen-bond acceptors (Lipinski definition) is 5. The van der Waals surface area contributed by atoms with E-state index in [1.165, 1.54) is 42.7 Å². The molecule has 0 fully saturated rings. The maximum atomic E-state index is 13.1. The number of nitrogens with zero attached hydrogens (tertiary/aromatic N) is 2. The van der Waals surface area contributed by atoms with Gasteiger partial charge in [0.2, 0.25) is 5.88 Å². The van der Waals surface area contributed by atoms with Gasteiger partial charge < -0.3 is 4.74 Å². The number of rotatable bonds is 3. The highest BCUT2D eigenvalue weighted by molar-refractivity contribution is 7.22. The van der Waals surface area contributed by atoms with Crippen molar-refractivity contribution >= 4 is 32.7 Å². The predicted octanol–water partition coefficient (Wildman–Crippen LogP) is 3.09. The lowest BCUT2D eigenvalue weighted by atomic mass is 10.2. The predicted molar refractivity (Wildman–Crippen MR) is 78.3 cm³/mol. The van der Waals surface area contributed by atoms with Gasteiger partial charge in [0.15, 0.2) is 5.13 Å². The summed E-state index contributed by atoms with van der Waals surface area (Å²) in [7, 11) is 1.53. The van der Waals surface area contributed by atoms with E-state index in [4.69, 9.17) is 4.74 Å². The van der Waals surface area contributed by atoms with Gasteiger partial charge in [-0.2, -0.15) is 0 Å². The van der Waals surface area contributed by atoms with Crippen molar-refractivity contribution in [3.63, 3.8) is 0 Å². The van der Waals surface area contributed by atoms with E-state index < -0.39 is 11.7 Å². The van der Waals surface area contributed by atoms with E-state index in [1.807, 2.05) is 0 Å². The van der Waals surface area contributed by atoms with Crippen LogP contribution in [0, 0.1) is 5.82 Å². The van der Waals surface area contributed by atoms with Crippen LogP contribution in [0.3, 0.4) is 0 Å². The van der Waals surface area contributed by atoms with Crippen LogP contribution in [0.25, 0.3) is 10.3 Å². The van der Waals surface area contributed by atoms with Gasteiger partial charge in [-0.15, -0.1) is 0 Å². The Bertz CT molecular complexity index is 819. The maximum Gasteiger partial charge on any atom is 0.257 e. The fourth-order valence-electron chi connectivity index (χ4n) is 1.77. The number of carbonyl (C=O) groups is 1. The Labute approximate surface area is 123 Å². The summed E-state index contributed by atoms with van der Waals surface area (Å²) in [5, 5.41) is 3.04. The Kier molecular flexibility index (Phi) is 3.49. The summed E-state index contributed by atoms with van der Waals surface area (Å²) in [4.78, 5) is 21.1. The number of hydrogen-bond donors (Lipinski definition) is 1. The zero-order chi connectivity index (χ0) is 14.8. The molecule has 0 spiro atoms. The van der Waals surface area contributed by atoms with Gasteiger partial charge in [0.05, 0.1) is 7.11 Å². The normalized spacial score (nSPS) is 10.6. The third-order valence-electron chi connectivity index (χ3n) is 2.75. The SMILES string of the molecule is COc1ccc2nc(NC(=O)c3cccc(F)c3)sc2n1. The summed E-state index contributed by atoms with van der Waals surface area (Å²) in [6.45, 7) is 0. The van der Waals surface area contributed by atoms with Gasteiger partial charge in [-0.3, -0.25) is 10.1 Å². The number of carbonyl (C=O) groups excluding carboxylic acids is 1. The number of thiazole rings is 1. The summed E-state index contributed by atoms with van der Waals surface area (Å²) in [5.41, 5.74) is 0.898. The topological polar surface area (TPSA) is 64.1 Å². The summed E-state index contributed by atoms with van der Waals surface area (Å²) in [5.74, 6) is -0.395. The maximum absolute atomic E-state index is 13.1. The minimum Gasteiger partial charge on any atom is -0.481 e. The van der Waals surface area contributed by atoms with E-state index in [0.717, 1.165) is 0 Å². The molecule has 7 heteroatoms. The Morgan fingerprint density at radius 2 is 2.14 bits per heavy atom. The molecule has 0 aliphatic carbocycles. The molecule has 0 atom stereocenters. The molecule has 1 aromatic carbocycles. The molecule has 2 heterocycles. The largest absolute Gasteiger partial charge is 0.481 e. The van der Waals surface area contributed by atoms with Gasteiger partial charge in [-0.25, -0.2) is 14.4 Å². The van der Waals surface area contributed by atoms with Gasteiger partial charge in [-0.1, -0.05) is 17.4 Å². The second-order valence-corrected chi connectivity index (χ2v) is 5.14. The molecule has 0 saturated heterocycles. The van der Waals surface area contributed by atoms with Crippen molar-refractivity contribution in [2.45, 2.75) is 0 Å². The molecule has 3 aromatic rings. The number of pyridine rings is 1. The van der Waals surface area contributed by atoms with Crippen LogP contribution in [0.1, 0.15) is 10.4 Å². The van der Waals surface area contributed by atoms with Crippen LogP contribution in [0.15, 0.2) is 36.4 Å². The highest BCUT2D eigenvalue weighted by atomic mass is 32.1. The first-order valence-corrected chi connectivity index (χ1v) is 6.86. The number of halogens is 1. The number of methoxy groups -OCH3 is 1. The lowest BCUT2D eigenvalue weighted by Crippen LogP contribution is -2.11. The molecule has 1 N–H and O–H groups in total. The number of ether oxygens (including phenoxy) is 1. The minimum atomic E-state index is -0.460. The van der Waals surface area contributed by atoms with Crippen molar-refractivity contribution in [1.82, 2.24) is 9.97 Å². The quantitative estimate of drug-likeness (QED) is 0.807. The Balaban J connectivity index is 1.86. The third-order valence-corrected chi connectivity index (χ3v) is 3.63. The number of benzene rings is 1. The van der Waals surface area contributed by atoms with Gasteiger partial charge in [-0.05, 0) is 24.3 Å². The van der Waals surface area contributed by atoms with E-state index in [-0.39, 0.29) is 5.56 Å². The molecule has 0 bridgehead atoms. The molecular formula is C14H10FN3O2S. The molecule has 0 unspecified atom stereocenters. The van der Waals surface area contributed by atoms with Gasteiger partial charge in [0, 0.05) is 11.6 Å². The van der Waals surface area contributed by atoms with Crippen molar-refractivity contribution in [1.29, 1.82) is 0 Å². The van der Waals surface area contributed by atoms with Gasteiger partial charge >= 0.3 is 0 Å².